The molecule has 0 saturated carbocycles. The maximum atomic E-state index is 4.61. The highest BCUT2D eigenvalue weighted by atomic mass is 15.2. The van der Waals surface area contributed by atoms with E-state index in [0.717, 1.165) is 31.2 Å². The number of hydrogen-bond acceptors (Lipinski definition) is 2. The van der Waals surface area contributed by atoms with Crippen molar-refractivity contribution >= 4 is 16.9 Å². The van der Waals surface area contributed by atoms with Crippen molar-refractivity contribution in [2.45, 2.75) is 26.8 Å². The number of nitrogens with zero attached hydrogens (tertiary/aromatic N) is 2. The smallest absolute Gasteiger partial charge is 0.191 e. The summed E-state index contributed by atoms with van der Waals surface area (Å²) in [5.41, 5.74) is 4.81. The number of fused-ring (bicyclic) bond motifs is 1. The topological polar surface area (TPSA) is 65.1 Å². The number of benzene rings is 1. The van der Waals surface area contributed by atoms with E-state index in [4.69, 9.17) is 0 Å². The molecule has 0 amide bonds. The van der Waals surface area contributed by atoms with Crippen LogP contribution in [0.5, 0.6) is 0 Å². The molecule has 25 heavy (non-hydrogen) atoms. The Morgan fingerprint density at radius 2 is 2.08 bits per heavy atom. The molecule has 1 aromatic carbocycles. The molecule has 0 atom stereocenters. The van der Waals surface area contributed by atoms with Crippen LogP contribution in [0.25, 0.3) is 10.9 Å². The van der Waals surface area contributed by atoms with Gasteiger partial charge >= 0.3 is 0 Å². The molecule has 0 bridgehead atoms. The number of aryl methyl sites for hydroxylation is 1. The predicted octanol–water partition coefficient (Wildman–Crippen LogP) is 3.17. The number of aromatic nitrogens is 2. The maximum absolute atomic E-state index is 4.61. The van der Waals surface area contributed by atoms with Gasteiger partial charge in [0.15, 0.2) is 5.96 Å². The first kappa shape index (κ1) is 17.0. The quantitative estimate of drug-likeness (QED) is 0.479. The monoisotopic (exact) mass is 335 g/mol. The van der Waals surface area contributed by atoms with E-state index in [2.05, 4.69) is 63.8 Å². The Balaban J connectivity index is 1.61. The third-order valence-electron chi connectivity index (χ3n) is 4.15. The molecule has 0 aliphatic rings. The average Bonchev–Trinajstić information content (AvgIpc) is 3.05. The molecular formula is C20H25N5. The van der Waals surface area contributed by atoms with Crippen LogP contribution in [-0.2, 0) is 13.0 Å². The van der Waals surface area contributed by atoms with Gasteiger partial charge in [0.25, 0.3) is 0 Å². The SMILES string of the molecule is CCNC(=NCc1ccccn1)NCCc1c[nH]c2cccc(C)c12. The zero-order valence-electron chi connectivity index (χ0n) is 14.8. The second kappa shape index (κ2) is 8.33. The molecule has 0 aliphatic carbocycles. The van der Waals surface area contributed by atoms with Gasteiger partial charge in [-0.2, -0.15) is 0 Å². The highest BCUT2D eigenvalue weighted by molar-refractivity contribution is 5.86. The summed E-state index contributed by atoms with van der Waals surface area (Å²) in [4.78, 5) is 12.3. The highest BCUT2D eigenvalue weighted by Crippen LogP contribution is 2.22. The molecule has 130 valence electrons. The molecule has 5 heteroatoms. The van der Waals surface area contributed by atoms with E-state index in [1.807, 2.05) is 18.2 Å². The van der Waals surface area contributed by atoms with Crippen LogP contribution < -0.4 is 10.6 Å². The van der Waals surface area contributed by atoms with Crippen molar-refractivity contribution in [1.82, 2.24) is 20.6 Å². The fourth-order valence-electron chi connectivity index (χ4n) is 2.96. The summed E-state index contributed by atoms with van der Waals surface area (Å²) in [5.74, 6) is 0.824. The molecule has 0 spiro atoms. The van der Waals surface area contributed by atoms with Crippen molar-refractivity contribution in [2.75, 3.05) is 13.1 Å². The van der Waals surface area contributed by atoms with Crippen LogP contribution >= 0.6 is 0 Å². The fraction of sp³-hybridized carbons (Fsp3) is 0.300. The second-order valence-electron chi connectivity index (χ2n) is 6.00. The number of pyridine rings is 1. The van der Waals surface area contributed by atoms with Gasteiger partial charge in [0.2, 0.25) is 0 Å². The minimum absolute atomic E-state index is 0.572. The summed E-state index contributed by atoms with van der Waals surface area (Å²) in [7, 11) is 0. The second-order valence-corrected chi connectivity index (χ2v) is 6.00. The zero-order chi connectivity index (χ0) is 17.5. The summed E-state index contributed by atoms with van der Waals surface area (Å²) < 4.78 is 0. The molecular weight excluding hydrogens is 310 g/mol. The Morgan fingerprint density at radius 1 is 1.16 bits per heavy atom. The lowest BCUT2D eigenvalue weighted by molar-refractivity contribution is 0.798. The van der Waals surface area contributed by atoms with Gasteiger partial charge in [-0.1, -0.05) is 18.2 Å². The summed E-state index contributed by atoms with van der Waals surface area (Å²) >= 11 is 0. The largest absolute Gasteiger partial charge is 0.361 e. The molecule has 0 saturated heterocycles. The Bertz CT molecular complexity index is 836. The highest BCUT2D eigenvalue weighted by Gasteiger charge is 2.06. The molecule has 0 unspecified atom stereocenters. The van der Waals surface area contributed by atoms with Crippen molar-refractivity contribution in [2.24, 2.45) is 4.99 Å². The molecule has 2 aromatic heterocycles. The van der Waals surface area contributed by atoms with E-state index in [1.165, 1.54) is 22.0 Å². The van der Waals surface area contributed by atoms with Crippen molar-refractivity contribution in [3.05, 3.63) is 65.6 Å². The number of rotatable bonds is 6. The van der Waals surface area contributed by atoms with E-state index in [0.29, 0.717) is 6.54 Å². The molecule has 0 radical (unpaired) electrons. The van der Waals surface area contributed by atoms with Crippen LogP contribution in [0, 0.1) is 6.92 Å². The number of hydrogen-bond donors (Lipinski definition) is 3. The van der Waals surface area contributed by atoms with Crippen LogP contribution in [0.2, 0.25) is 0 Å². The third kappa shape index (κ3) is 4.38. The Morgan fingerprint density at radius 3 is 2.88 bits per heavy atom. The van der Waals surface area contributed by atoms with E-state index < -0.39 is 0 Å². The Labute approximate surface area is 148 Å². The van der Waals surface area contributed by atoms with Crippen LogP contribution in [0.3, 0.4) is 0 Å². The van der Waals surface area contributed by atoms with Gasteiger partial charge < -0.3 is 15.6 Å². The number of aliphatic imine (C=N–C) groups is 1. The van der Waals surface area contributed by atoms with Gasteiger partial charge in [-0.05, 0) is 49.6 Å². The molecule has 3 rings (SSSR count). The number of guanidine groups is 1. The normalized spacial score (nSPS) is 11.7. The summed E-state index contributed by atoms with van der Waals surface area (Å²) in [6.45, 7) is 6.46. The van der Waals surface area contributed by atoms with Gasteiger partial charge in [-0.3, -0.25) is 4.98 Å². The Kier molecular flexibility index (Phi) is 5.67. The van der Waals surface area contributed by atoms with Crippen molar-refractivity contribution < 1.29 is 0 Å². The fourth-order valence-corrected chi connectivity index (χ4v) is 2.96. The van der Waals surface area contributed by atoms with Gasteiger partial charge in [0.05, 0.1) is 12.2 Å². The van der Waals surface area contributed by atoms with Gasteiger partial charge in [-0.25, -0.2) is 4.99 Å². The summed E-state index contributed by atoms with van der Waals surface area (Å²) in [6, 6.07) is 12.3. The third-order valence-corrected chi connectivity index (χ3v) is 4.15. The lowest BCUT2D eigenvalue weighted by Gasteiger charge is -2.11. The minimum Gasteiger partial charge on any atom is -0.361 e. The first-order valence-corrected chi connectivity index (χ1v) is 8.75. The van der Waals surface area contributed by atoms with Crippen molar-refractivity contribution in [3.63, 3.8) is 0 Å². The van der Waals surface area contributed by atoms with E-state index in [-0.39, 0.29) is 0 Å². The average molecular weight is 335 g/mol. The van der Waals surface area contributed by atoms with Crippen molar-refractivity contribution in [1.29, 1.82) is 0 Å². The molecule has 3 aromatic rings. The van der Waals surface area contributed by atoms with Gasteiger partial charge in [0, 0.05) is 36.4 Å². The number of H-pyrrole nitrogens is 1. The first-order chi connectivity index (χ1) is 12.3. The molecule has 5 nitrogen and oxygen atoms in total. The molecule has 0 fully saturated rings. The first-order valence-electron chi connectivity index (χ1n) is 8.75. The molecule has 0 aliphatic heterocycles. The molecule has 3 N–H and O–H groups in total. The van der Waals surface area contributed by atoms with Crippen LogP contribution in [-0.4, -0.2) is 29.0 Å². The lowest BCUT2D eigenvalue weighted by atomic mass is 10.1. The van der Waals surface area contributed by atoms with Gasteiger partial charge in [-0.15, -0.1) is 0 Å². The van der Waals surface area contributed by atoms with Crippen molar-refractivity contribution in [3.8, 4) is 0 Å². The standard InChI is InChI=1S/C20H25N5/c1-3-21-20(25-14-17-8-4-5-11-22-17)23-12-10-16-13-24-18-9-6-7-15(2)19(16)18/h4-9,11,13,24H,3,10,12,14H2,1-2H3,(H2,21,23,25). The minimum atomic E-state index is 0.572. The van der Waals surface area contributed by atoms with E-state index in [1.54, 1.807) is 6.20 Å². The van der Waals surface area contributed by atoms with Gasteiger partial charge in [0.1, 0.15) is 0 Å². The van der Waals surface area contributed by atoms with Crippen LogP contribution in [0.15, 0.2) is 53.8 Å². The van der Waals surface area contributed by atoms with E-state index >= 15 is 0 Å². The lowest BCUT2D eigenvalue weighted by Crippen LogP contribution is -2.38. The number of nitrogens with one attached hydrogen (secondary N) is 3. The summed E-state index contributed by atoms with van der Waals surface area (Å²) in [5, 5.41) is 8.03. The number of aromatic amines is 1. The zero-order valence-corrected chi connectivity index (χ0v) is 14.8. The molecule has 2 heterocycles. The maximum Gasteiger partial charge on any atom is 0.191 e. The Hall–Kier alpha value is -2.82. The van der Waals surface area contributed by atoms with Crippen LogP contribution in [0.4, 0.5) is 0 Å². The predicted molar refractivity (Wildman–Crippen MR) is 104 cm³/mol. The summed E-state index contributed by atoms with van der Waals surface area (Å²) in [6.07, 6.45) is 4.85. The van der Waals surface area contributed by atoms with Crippen LogP contribution in [0.1, 0.15) is 23.7 Å². The van der Waals surface area contributed by atoms with E-state index in [9.17, 15) is 0 Å².